The third-order valence-corrected chi connectivity index (χ3v) is 6.58. The van der Waals surface area contributed by atoms with Gasteiger partial charge in [0.15, 0.2) is 0 Å². The molecule has 2 heterocycles. The average molecular weight is 382 g/mol. The largest absolute Gasteiger partial charge is 0.493 e. The van der Waals surface area contributed by atoms with Crippen molar-refractivity contribution in [2.45, 2.75) is 32.2 Å². The number of fused-ring (bicyclic) bond motifs is 1. The van der Waals surface area contributed by atoms with Gasteiger partial charge in [-0.2, -0.15) is 4.31 Å². The van der Waals surface area contributed by atoms with E-state index < -0.39 is 16.1 Å². The standard InChI is InChI=1S/C18H26N2O5S/c1-26(23,24)20-11-7-16-15(13-20)3-2-4-17(16)25-12-8-14-5-9-19(10-6-14)18(21)22/h2-4,14H,5-13H2,1H3,(H,21,22). The monoisotopic (exact) mass is 382 g/mol. The number of hydrogen-bond acceptors (Lipinski definition) is 4. The van der Waals surface area contributed by atoms with Gasteiger partial charge in [0.25, 0.3) is 0 Å². The number of nitrogens with zero attached hydrogens (tertiary/aromatic N) is 2. The zero-order chi connectivity index (χ0) is 18.7. The minimum Gasteiger partial charge on any atom is -0.493 e. The molecule has 1 fully saturated rings. The summed E-state index contributed by atoms with van der Waals surface area (Å²) in [5.41, 5.74) is 2.11. The summed E-state index contributed by atoms with van der Waals surface area (Å²) in [6.45, 7) is 2.69. The van der Waals surface area contributed by atoms with Crippen LogP contribution in [-0.4, -0.2) is 61.3 Å². The summed E-state index contributed by atoms with van der Waals surface area (Å²) < 4.78 is 31.0. The first-order valence-electron chi connectivity index (χ1n) is 9.01. The maximum atomic E-state index is 11.7. The molecule has 0 aromatic heterocycles. The summed E-state index contributed by atoms with van der Waals surface area (Å²) in [7, 11) is -3.18. The molecule has 1 aromatic rings. The summed E-state index contributed by atoms with van der Waals surface area (Å²) in [5.74, 6) is 1.34. The third-order valence-electron chi connectivity index (χ3n) is 5.33. The molecule has 0 aliphatic carbocycles. The lowest BCUT2D eigenvalue weighted by atomic mass is 9.94. The Bertz CT molecular complexity index is 757. The SMILES string of the molecule is CS(=O)(=O)N1CCc2c(cccc2OCCC2CCN(C(=O)O)CC2)C1. The van der Waals surface area contributed by atoms with Gasteiger partial charge in [-0.3, -0.25) is 0 Å². The van der Waals surface area contributed by atoms with Gasteiger partial charge in [-0.15, -0.1) is 0 Å². The molecule has 26 heavy (non-hydrogen) atoms. The van der Waals surface area contributed by atoms with Crippen LogP contribution in [-0.2, 0) is 23.0 Å². The Morgan fingerprint density at radius 3 is 2.65 bits per heavy atom. The first kappa shape index (κ1) is 19.0. The molecule has 0 radical (unpaired) electrons. The Kier molecular flexibility index (Phi) is 5.72. The van der Waals surface area contributed by atoms with Crippen molar-refractivity contribution in [2.75, 3.05) is 32.5 Å². The maximum absolute atomic E-state index is 11.7. The summed E-state index contributed by atoms with van der Waals surface area (Å²) in [6.07, 6.45) is 3.74. The predicted molar refractivity (Wildman–Crippen MR) is 97.8 cm³/mol. The van der Waals surface area contributed by atoms with Crippen LogP contribution in [0.15, 0.2) is 18.2 Å². The average Bonchev–Trinajstić information content (AvgIpc) is 2.61. The van der Waals surface area contributed by atoms with Crippen molar-refractivity contribution >= 4 is 16.1 Å². The molecular weight excluding hydrogens is 356 g/mol. The van der Waals surface area contributed by atoms with E-state index in [1.54, 1.807) is 0 Å². The number of sulfonamides is 1. The van der Waals surface area contributed by atoms with Crippen LogP contribution in [0.5, 0.6) is 5.75 Å². The van der Waals surface area contributed by atoms with Gasteiger partial charge in [-0.1, -0.05) is 12.1 Å². The van der Waals surface area contributed by atoms with E-state index in [-0.39, 0.29) is 0 Å². The van der Waals surface area contributed by atoms with Crippen molar-refractivity contribution in [1.29, 1.82) is 0 Å². The van der Waals surface area contributed by atoms with Crippen molar-refractivity contribution in [3.05, 3.63) is 29.3 Å². The highest BCUT2D eigenvalue weighted by atomic mass is 32.2. The molecule has 0 unspecified atom stereocenters. The first-order valence-corrected chi connectivity index (χ1v) is 10.9. The van der Waals surface area contributed by atoms with Gasteiger partial charge in [0.05, 0.1) is 12.9 Å². The van der Waals surface area contributed by atoms with Crippen LogP contribution >= 0.6 is 0 Å². The van der Waals surface area contributed by atoms with Crippen molar-refractivity contribution < 1.29 is 23.1 Å². The number of ether oxygens (including phenoxy) is 1. The molecule has 1 N–H and O–H groups in total. The normalized spacial score (nSPS) is 19.2. The highest BCUT2D eigenvalue weighted by molar-refractivity contribution is 7.88. The van der Waals surface area contributed by atoms with E-state index in [0.717, 1.165) is 36.1 Å². The molecule has 1 aromatic carbocycles. The number of carboxylic acid groups (broad SMARTS) is 1. The van der Waals surface area contributed by atoms with E-state index in [1.807, 2.05) is 18.2 Å². The zero-order valence-electron chi connectivity index (χ0n) is 15.1. The minimum absolute atomic E-state index is 0.402. The summed E-state index contributed by atoms with van der Waals surface area (Å²) in [5, 5.41) is 8.99. The molecule has 1 amide bonds. The number of likely N-dealkylation sites (tertiary alicyclic amines) is 1. The Morgan fingerprint density at radius 1 is 1.27 bits per heavy atom. The van der Waals surface area contributed by atoms with Crippen LogP contribution in [0.3, 0.4) is 0 Å². The molecule has 144 valence electrons. The predicted octanol–water partition coefficient (Wildman–Crippen LogP) is 2.16. The second kappa shape index (κ2) is 7.84. The van der Waals surface area contributed by atoms with Crippen molar-refractivity contribution in [3.8, 4) is 5.75 Å². The molecule has 2 aliphatic heterocycles. The lowest BCUT2D eigenvalue weighted by Crippen LogP contribution is -2.37. The van der Waals surface area contributed by atoms with Gasteiger partial charge >= 0.3 is 6.09 Å². The smallest absolute Gasteiger partial charge is 0.407 e. The molecule has 0 spiro atoms. The molecule has 0 saturated carbocycles. The summed E-state index contributed by atoms with van der Waals surface area (Å²) >= 11 is 0. The van der Waals surface area contributed by atoms with E-state index in [1.165, 1.54) is 15.5 Å². The Hall–Kier alpha value is -1.80. The molecule has 0 atom stereocenters. The van der Waals surface area contributed by atoms with Crippen molar-refractivity contribution in [3.63, 3.8) is 0 Å². The number of benzene rings is 1. The van der Waals surface area contributed by atoms with Crippen LogP contribution in [0.4, 0.5) is 4.79 Å². The number of carbonyl (C=O) groups is 1. The number of amides is 1. The zero-order valence-corrected chi connectivity index (χ0v) is 15.9. The number of rotatable bonds is 5. The van der Waals surface area contributed by atoms with Crippen LogP contribution in [0.1, 0.15) is 30.4 Å². The number of hydrogen-bond donors (Lipinski definition) is 1. The quantitative estimate of drug-likeness (QED) is 0.843. The third kappa shape index (κ3) is 4.48. The summed E-state index contributed by atoms with van der Waals surface area (Å²) in [6, 6.07) is 5.81. The van der Waals surface area contributed by atoms with Gasteiger partial charge in [-0.05, 0) is 48.8 Å². The molecule has 7 nitrogen and oxygen atoms in total. The van der Waals surface area contributed by atoms with Crippen LogP contribution in [0.25, 0.3) is 0 Å². The van der Waals surface area contributed by atoms with Crippen LogP contribution < -0.4 is 4.74 Å². The van der Waals surface area contributed by atoms with E-state index in [9.17, 15) is 13.2 Å². The van der Waals surface area contributed by atoms with Gasteiger partial charge in [0, 0.05) is 26.2 Å². The topological polar surface area (TPSA) is 87.2 Å². The molecule has 0 bridgehead atoms. The van der Waals surface area contributed by atoms with Gasteiger partial charge in [-0.25, -0.2) is 13.2 Å². The van der Waals surface area contributed by atoms with Gasteiger partial charge in [0.1, 0.15) is 5.75 Å². The van der Waals surface area contributed by atoms with E-state index in [0.29, 0.717) is 45.1 Å². The van der Waals surface area contributed by atoms with Gasteiger partial charge < -0.3 is 14.7 Å². The second-order valence-corrected chi connectivity index (χ2v) is 9.07. The lowest BCUT2D eigenvalue weighted by Gasteiger charge is -2.30. The number of piperidine rings is 1. The van der Waals surface area contributed by atoms with Gasteiger partial charge in [0.2, 0.25) is 10.0 Å². The van der Waals surface area contributed by atoms with Crippen molar-refractivity contribution in [2.24, 2.45) is 5.92 Å². The molecule has 8 heteroatoms. The molecule has 1 saturated heterocycles. The van der Waals surface area contributed by atoms with E-state index in [4.69, 9.17) is 9.84 Å². The lowest BCUT2D eigenvalue weighted by molar-refractivity contribution is 0.119. The van der Waals surface area contributed by atoms with E-state index in [2.05, 4.69) is 0 Å². The molecule has 2 aliphatic rings. The minimum atomic E-state index is -3.18. The van der Waals surface area contributed by atoms with Crippen molar-refractivity contribution in [1.82, 2.24) is 9.21 Å². The fourth-order valence-electron chi connectivity index (χ4n) is 3.72. The molecule has 3 rings (SSSR count). The fraction of sp³-hybridized carbons (Fsp3) is 0.611. The highest BCUT2D eigenvalue weighted by Crippen LogP contribution is 2.29. The molecular formula is C18H26N2O5S. The van der Waals surface area contributed by atoms with Crippen LogP contribution in [0.2, 0.25) is 0 Å². The summed E-state index contributed by atoms with van der Waals surface area (Å²) in [4.78, 5) is 12.4. The second-order valence-electron chi connectivity index (χ2n) is 7.09. The Morgan fingerprint density at radius 2 is 2.00 bits per heavy atom. The maximum Gasteiger partial charge on any atom is 0.407 e. The Labute approximate surface area is 154 Å². The van der Waals surface area contributed by atoms with E-state index >= 15 is 0 Å². The Balaban J connectivity index is 1.53. The fourth-order valence-corrected chi connectivity index (χ4v) is 4.51. The van der Waals surface area contributed by atoms with Crippen LogP contribution in [0, 0.1) is 5.92 Å². The first-order chi connectivity index (χ1) is 12.3. The highest BCUT2D eigenvalue weighted by Gasteiger charge is 2.25.